The summed E-state index contributed by atoms with van der Waals surface area (Å²) in [4.78, 5) is 62.1. The number of carbonyl (C=O) groups excluding carboxylic acids is 2. The first-order valence-corrected chi connectivity index (χ1v) is 31.8. The molecule has 1 fully saturated rings. The molecule has 74 heavy (non-hydrogen) atoms. The number of phosphoric acid groups is 2. The number of rotatable bonds is 48. The van der Waals surface area contributed by atoms with Gasteiger partial charge in [0.15, 0.2) is 12.3 Å². The van der Waals surface area contributed by atoms with E-state index in [2.05, 4.69) is 37.0 Å². The Balaban J connectivity index is 1.73. The minimum absolute atomic E-state index is 0.0577. The van der Waals surface area contributed by atoms with Crippen LogP contribution in [-0.2, 0) is 46.3 Å². The van der Waals surface area contributed by atoms with Crippen molar-refractivity contribution in [2.24, 2.45) is 11.8 Å². The molecule has 9 atom stereocenters. The number of unbranched alkanes of at least 4 members (excludes halogenated alkanes) is 26. The highest BCUT2D eigenvalue weighted by atomic mass is 31.3. The van der Waals surface area contributed by atoms with Crippen LogP contribution in [0.2, 0.25) is 0 Å². The molecule has 18 nitrogen and oxygen atoms in total. The Kier molecular flexibility index (Phi) is 37.5. The number of nitrogens with two attached hydrogens (primary N) is 1. The molecule has 1 aliphatic rings. The molecule has 0 bridgehead atoms. The van der Waals surface area contributed by atoms with Crippen molar-refractivity contribution in [3.8, 4) is 0 Å². The Hall–Kier alpha value is -2.24. The predicted octanol–water partition coefficient (Wildman–Crippen LogP) is 12.7. The van der Waals surface area contributed by atoms with Gasteiger partial charge in [0.1, 0.15) is 30.7 Å². The van der Waals surface area contributed by atoms with E-state index in [0.717, 1.165) is 67.8 Å². The molecule has 0 radical (unpaired) electrons. The third-order valence-corrected chi connectivity index (χ3v) is 16.9. The summed E-state index contributed by atoms with van der Waals surface area (Å²) in [5.41, 5.74) is 4.60. The van der Waals surface area contributed by atoms with Gasteiger partial charge in [-0.25, -0.2) is 13.9 Å². The number of aliphatic hydroxyl groups excluding tert-OH is 2. The van der Waals surface area contributed by atoms with Gasteiger partial charge >= 0.3 is 33.3 Å². The standard InChI is InChI=1S/C54H101N3O15P2/c1-5-44(3)35-31-27-23-19-15-13-11-9-7-8-10-12-14-16-22-26-30-34-38-50(59)70-46(41-67-49(58)37-33-29-25-21-18-17-20-24-28-32-36-45(4)6-2)42-68-73(63,64)72-74(65,66)69-43-47-51(60)52(61)53(71-47)57-40-39-48(55)56-54(57)62/h39-40,44-47,51-53,60-61H,5-38,41-43H2,1-4H3,(H,63,64)(H,65,66)(H2,55,56,62)/t44?,45?,46-,47-,51+,52?,53-/m1/s1. The molecule has 0 aromatic carbocycles. The summed E-state index contributed by atoms with van der Waals surface area (Å²) in [7, 11) is -10.8. The normalized spacial score (nSPS) is 19.7. The third-order valence-electron chi connectivity index (χ3n) is 14.3. The SMILES string of the molecule is CCC(C)CCCCCCCCCCCCCCCCCCCCC(=O)O[C@H](COC(=O)CCCCCCCCCCCCC(C)CC)COP(=O)(O)OP(=O)(O)OC[C@H]1O[C@@H](n2ccc(N)nc2=O)C(O)[C@H]1O. The quantitative estimate of drug-likeness (QED) is 0.0231. The van der Waals surface area contributed by atoms with Gasteiger partial charge in [0, 0.05) is 19.0 Å². The Morgan fingerprint density at radius 3 is 1.47 bits per heavy atom. The van der Waals surface area contributed by atoms with Crippen molar-refractivity contribution < 1.29 is 66.3 Å². The topological polar surface area (TPSA) is 265 Å². The van der Waals surface area contributed by atoms with Crippen molar-refractivity contribution in [3.05, 3.63) is 22.7 Å². The van der Waals surface area contributed by atoms with Gasteiger partial charge in [-0.3, -0.25) is 23.2 Å². The van der Waals surface area contributed by atoms with Crippen LogP contribution in [0.1, 0.15) is 252 Å². The first-order valence-electron chi connectivity index (χ1n) is 28.8. The molecule has 5 unspecified atom stereocenters. The second kappa shape index (κ2) is 40.9. The van der Waals surface area contributed by atoms with E-state index in [9.17, 15) is 43.5 Å². The van der Waals surface area contributed by atoms with E-state index in [1.165, 1.54) is 154 Å². The summed E-state index contributed by atoms with van der Waals surface area (Å²) in [6.45, 7) is 6.91. The summed E-state index contributed by atoms with van der Waals surface area (Å²) >= 11 is 0. The number of nitrogen functional groups attached to an aromatic ring is 1. The molecule has 1 saturated heterocycles. The number of hydrogen-bond acceptors (Lipinski definition) is 15. The van der Waals surface area contributed by atoms with Crippen molar-refractivity contribution in [3.63, 3.8) is 0 Å². The highest BCUT2D eigenvalue weighted by Gasteiger charge is 2.46. The van der Waals surface area contributed by atoms with E-state index in [1.54, 1.807) is 0 Å². The smallest absolute Gasteiger partial charge is 0.462 e. The minimum atomic E-state index is -5.42. The third kappa shape index (κ3) is 33.1. The van der Waals surface area contributed by atoms with Crippen LogP contribution in [0.5, 0.6) is 0 Å². The monoisotopic (exact) mass is 1090 g/mol. The van der Waals surface area contributed by atoms with Crippen molar-refractivity contribution in [1.29, 1.82) is 0 Å². The lowest BCUT2D eigenvalue weighted by Gasteiger charge is -2.21. The average Bonchev–Trinajstić information content (AvgIpc) is 3.64. The summed E-state index contributed by atoms with van der Waals surface area (Å²) in [6.07, 6.45) is 31.7. The summed E-state index contributed by atoms with van der Waals surface area (Å²) in [5.74, 6) is 0.404. The number of aromatic nitrogens is 2. The van der Waals surface area contributed by atoms with E-state index in [0.29, 0.717) is 12.8 Å². The summed E-state index contributed by atoms with van der Waals surface area (Å²) in [6, 6.07) is 1.25. The second-order valence-corrected chi connectivity index (χ2v) is 24.0. The summed E-state index contributed by atoms with van der Waals surface area (Å²) < 4.78 is 57.0. The highest BCUT2D eigenvalue weighted by molar-refractivity contribution is 7.61. The Labute approximate surface area is 444 Å². The van der Waals surface area contributed by atoms with Gasteiger partial charge in [0.2, 0.25) is 0 Å². The van der Waals surface area contributed by atoms with Gasteiger partial charge in [-0.2, -0.15) is 9.29 Å². The Morgan fingerprint density at radius 2 is 1.04 bits per heavy atom. The van der Waals surface area contributed by atoms with E-state index >= 15 is 0 Å². The molecule has 1 aromatic heterocycles. The number of aliphatic hydroxyl groups is 2. The molecular formula is C54H101N3O15P2. The lowest BCUT2D eigenvalue weighted by molar-refractivity contribution is -0.161. The first kappa shape index (κ1) is 67.9. The van der Waals surface area contributed by atoms with Gasteiger partial charge in [0.05, 0.1) is 13.2 Å². The van der Waals surface area contributed by atoms with Crippen LogP contribution in [0, 0.1) is 11.8 Å². The first-order chi connectivity index (χ1) is 35.5. The maximum Gasteiger partial charge on any atom is 0.481 e. The second-order valence-electron chi connectivity index (χ2n) is 21.0. The fourth-order valence-electron chi connectivity index (χ4n) is 9.03. The number of ether oxygens (including phenoxy) is 3. The van der Waals surface area contributed by atoms with Crippen LogP contribution in [-0.4, -0.2) is 85.7 Å². The number of hydrogen-bond donors (Lipinski definition) is 5. The van der Waals surface area contributed by atoms with Gasteiger partial charge in [-0.15, -0.1) is 0 Å². The Morgan fingerprint density at radius 1 is 0.635 bits per heavy atom. The molecule has 0 amide bonds. The molecule has 2 heterocycles. The largest absolute Gasteiger partial charge is 0.481 e. The average molecular weight is 1090 g/mol. The van der Waals surface area contributed by atoms with E-state index in [1.807, 2.05) is 0 Å². The molecule has 0 aliphatic carbocycles. The number of esters is 2. The van der Waals surface area contributed by atoms with Crippen LogP contribution < -0.4 is 11.4 Å². The molecule has 1 aliphatic heterocycles. The van der Waals surface area contributed by atoms with Gasteiger partial charge in [-0.1, -0.05) is 220 Å². The molecule has 2 rings (SSSR count). The van der Waals surface area contributed by atoms with Gasteiger partial charge < -0.3 is 39.9 Å². The van der Waals surface area contributed by atoms with Crippen LogP contribution in [0.25, 0.3) is 0 Å². The molecule has 0 saturated carbocycles. The molecule has 0 spiro atoms. The van der Waals surface area contributed by atoms with Gasteiger partial charge in [-0.05, 0) is 30.7 Å². The van der Waals surface area contributed by atoms with E-state index in [-0.39, 0.29) is 18.7 Å². The molecular weight excluding hydrogens is 993 g/mol. The number of phosphoric ester groups is 2. The predicted molar refractivity (Wildman–Crippen MR) is 289 cm³/mol. The zero-order chi connectivity index (χ0) is 54.5. The highest BCUT2D eigenvalue weighted by Crippen LogP contribution is 2.60. The van der Waals surface area contributed by atoms with Crippen LogP contribution in [0.15, 0.2) is 17.1 Å². The van der Waals surface area contributed by atoms with Crippen LogP contribution in [0.3, 0.4) is 0 Å². The van der Waals surface area contributed by atoms with Crippen molar-refractivity contribution in [2.75, 3.05) is 25.6 Å². The van der Waals surface area contributed by atoms with E-state index in [4.69, 9.17) is 29.0 Å². The fourth-order valence-corrected chi connectivity index (χ4v) is 11.1. The van der Waals surface area contributed by atoms with Crippen molar-refractivity contribution >= 4 is 33.4 Å². The molecule has 432 valence electrons. The number of carbonyl (C=O) groups is 2. The lowest BCUT2D eigenvalue weighted by Crippen LogP contribution is -2.36. The van der Waals surface area contributed by atoms with E-state index < -0.39 is 83.7 Å². The zero-order valence-corrected chi connectivity index (χ0v) is 47.8. The zero-order valence-electron chi connectivity index (χ0n) is 46.0. The number of nitrogens with zero attached hydrogens (tertiary/aromatic N) is 2. The fraction of sp³-hybridized carbons (Fsp3) is 0.889. The maximum absolute atomic E-state index is 12.9. The Bertz CT molecular complexity index is 1770. The minimum Gasteiger partial charge on any atom is -0.462 e. The maximum atomic E-state index is 12.9. The van der Waals surface area contributed by atoms with Crippen LogP contribution in [0.4, 0.5) is 5.82 Å². The number of anilines is 1. The summed E-state index contributed by atoms with van der Waals surface area (Å²) in [5, 5.41) is 21.0. The van der Waals surface area contributed by atoms with Gasteiger partial charge in [0.25, 0.3) is 0 Å². The molecule has 20 heteroatoms. The lowest BCUT2D eigenvalue weighted by atomic mass is 9.99. The van der Waals surface area contributed by atoms with Crippen molar-refractivity contribution in [1.82, 2.24) is 9.55 Å². The molecule has 6 N–H and O–H groups in total. The molecule has 1 aromatic rings. The van der Waals surface area contributed by atoms with Crippen LogP contribution >= 0.6 is 15.6 Å². The van der Waals surface area contributed by atoms with Crippen molar-refractivity contribution in [2.45, 2.75) is 277 Å².